The Balaban J connectivity index is 2.54. The summed E-state index contributed by atoms with van der Waals surface area (Å²) in [6.07, 6.45) is 84.1. The van der Waals surface area contributed by atoms with Crippen LogP contribution in [0.25, 0.3) is 0 Å². The second kappa shape index (κ2) is 68.3. The standard InChI is InChI=1S/C82H143NO10/c1-4-7-10-13-16-19-22-25-27-29-31-33-35-37-38-39-41-43-45-47-49-52-55-58-61-64-67-70-77(87)93-80-79(89)78(88)76(71-84)92-82(80)91-72-73(74(85)68-65-62-59-56-53-50-24-21-18-15-12-9-6-3)83-81(90)75(86)69-66-63-60-57-54-51-48-46-44-42-40-36-34-32-30-28-26-23-20-17-14-11-8-5-2/h7,10,16-17,19-20,25-28,31-34,37-38,65,68,73-76,78-80,82,84-86,88-89H,4-6,8-9,11-15,18,21-24,29-30,35-36,39-64,66-67,69-72H2,1-3H3,(H,83,90)/b10-7-,19-16-,20-17-,27-25-,28-26-,33-31-,34-32-,38-37-,68-65+. The molecule has 0 spiro atoms. The number of carbonyl (C=O) groups excluding carboxylic acids is 2. The molecule has 1 aliphatic heterocycles. The van der Waals surface area contributed by atoms with Crippen molar-refractivity contribution in [3.8, 4) is 0 Å². The summed E-state index contributed by atoms with van der Waals surface area (Å²) in [6.45, 7) is 5.69. The number of hydrogen-bond donors (Lipinski definition) is 6. The maximum absolute atomic E-state index is 13.5. The molecule has 0 aromatic carbocycles. The third kappa shape index (κ3) is 55.1. The topological polar surface area (TPSA) is 175 Å². The van der Waals surface area contributed by atoms with E-state index in [1.165, 1.54) is 173 Å². The molecular weight excluding hydrogens is 1160 g/mol. The minimum atomic E-state index is -1.62. The minimum absolute atomic E-state index is 0.115. The fourth-order valence-corrected chi connectivity index (χ4v) is 11.6. The molecule has 1 rings (SSSR count). The Morgan fingerprint density at radius 1 is 0.430 bits per heavy atom. The molecule has 1 saturated heterocycles. The van der Waals surface area contributed by atoms with Crippen LogP contribution in [0, 0.1) is 0 Å². The van der Waals surface area contributed by atoms with Gasteiger partial charge in [-0.25, -0.2) is 0 Å². The monoisotopic (exact) mass is 1300 g/mol. The Kier molecular flexibility index (Phi) is 64.1. The number of esters is 1. The predicted molar refractivity (Wildman–Crippen MR) is 393 cm³/mol. The third-order valence-electron chi connectivity index (χ3n) is 17.7. The van der Waals surface area contributed by atoms with E-state index in [1.807, 2.05) is 6.08 Å². The first-order chi connectivity index (χ1) is 45.7. The maximum Gasteiger partial charge on any atom is 0.306 e. The van der Waals surface area contributed by atoms with Gasteiger partial charge in [-0.15, -0.1) is 0 Å². The van der Waals surface area contributed by atoms with Crippen LogP contribution in [0.5, 0.6) is 0 Å². The number of amides is 1. The summed E-state index contributed by atoms with van der Waals surface area (Å²) in [5.74, 6) is -1.20. The SMILES string of the molecule is CC/C=C\C/C=C\C/C=C\C/C=C\C/C=C\CCCCCCCCCCCCCC(=O)OC1C(OCC(NC(=O)C(O)CCCCCCCCCCCCC/C=C\C/C=C\C/C=C\CCCCC)C(O)/C=C/CCCCCCCCCCCCC)OC(CO)C(O)C1O. The molecule has 6 N–H and O–H groups in total. The van der Waals surface area contributed by atoms with E-state index in [-0.39, 0.29) is 19.4 Å². The van der Waals surface area contributed by atoms with Gasteiger partial charge in [0.1, 0.15) is 24.4 Å². The molecule has 11 heteroatoms. The fraction of sp³-hybridized carbons (Fsp3) is 0.756. The van der Waals surface area contributed by atoms with Crippen molar-refractivity contribution in [3.05, 3.63) is 109 Å². The minimum Gasteiger partial charge on any atom is -0.454 e. The number of aliphatic hydroxyl groups is 5. The highest BCUT2D eigenvalue weighted by molar-refractivity contribution is 5.80. The zero-order valence-corrected chi connectivity index (χ0v) is 59.9. The first-order valence-corrected chi connectivity index (χ1v) is 38.7. The number of carbonyl (C=O) groups is 2. The first-order valence-electron chi connectivity index (χ1n) is 38.7. The van der Waals surface area contributed by atoms with Crippen LogP contribution in [-0.4, -0.2) is 99.6 Å². The second-order valence-electron chi connectivity index (χ2n) is 26.4. The summed E-state index contributed by atoms with van der Waals surface area (Å²) in [6, 6.07) is -1.03. The molecule has 11 nitrogen and oxygen atoms in total. The van der Waals surface area contributed by atoms with E-state index in [0.29, 0.717) is 12.8 Å². The van der Waals surface area contributed by atoms with Gasteiger partial charge < -0.3 is 45.1 Å². The highest BCUT2D eigenvalue weighted by Crippen LogP contribution is 2.26. The highest BCUT2D eigenvalue weighted by atomic mass is 16.7. The molecule has 1 heterocycles. The van der Waals surface area contributed by atoms with Gasteiger partial charge in [-0.3, -0.25) is 9.59 Å². The molecule has 0 aromatic heterocycles. The molecular formula is C82H143NO10. The third-order valence-corrected chi connectivity index (χ3v) is 17.7. The summed E-state index contributed by atoms with van der Waals surface area (Å²) in [5.41, 5.74) is 0. The molecule has 0 aromatic rings. The van der Waals surface area contributed by atoms with E-state index in [2.05, 4.69) is 123 Å². The molecule has 93 heavy (non-hydrogen) atoms. The summed E-state index contributed by atoms with van der Waals surface area (Å²) < 4.78 is 17.7. The summed E-state index contributed by atoms with van der Waals surface area (Å²) in [5, 5.41) is 57.4. The molecule has 0 radical (unpaired) electrons. The summed E-state index contributed by atoms with van der Waals surface area (Å²) in [7, 11) is 0. The number of aliphatic hydroxyl groups excluding tert-OH is 5. The van der Waals surface area contributed by atoms with Crippen molar-refractivity contribution >= 4 is 11.9 Å². The zero-order chi connectivity index (χ0) is 67.4. The van der Waals surface area contributed by atoms with Gasteiger partial charge in [0.15, 0.2) is 12.4 Å². The average molecular weight is 1300 g/mol. The fourth-order valence-electron chi connectivity index (χ4n) is 11.6. The molecule has 1 aliphatic rings. The van der Waals surface area contributed by atoms with E-state index in [1.54, 1.807) is 6.08 Å². The predicted octanol–water partition coefficient (Wildman–Crippen LogP) is 20.7. The smallest absolute Gasteiger partial charge is 0.306 e. The summed E-state index contributed by atoms with van der Waals surface area (Å²) in [4.78, 5) is 26.8. The van der Waals surface area contributed by atoms with E-state index in [0.717, 1.165) is 116 Å². The number of allylic oxidation sites excluding steroid dienone is 17. The van der Waals surface area contributed by atoms with E-state index in [4.69, 9.17) is 14.2 Å². The number of ether oxygens (including phenoxy) is 3. The molecule has 8 unspecified atom stereocenters. The number of nitrogens with one attached hydrogen (secondary N) is 1. The largest absolute Gasteiger partial charge is 0.454 e. The lowest BCUT2D eigenvalue weighted by Crippen LogP contribution is -2.61. The average Bonchev–Trinajstić information content (AvgIpc) is 0.844. The van der Waals surface area contributed by atoms with Crippen LogP contribution in [0.15, 0.2) is 109 Å². The van der Waals surface area contributed by atoms with Crippen molar-refractivity contribution in [2.45, 2.75) is 384 Å². The zero-order valence-electron chi connectivity index (χ0n) is 59.9. The molecule has 0 bridgehead atoms. The van der Waals surface area contributed by atoms with Crippen LogP contribution in [0.3, 0.4) is 0 Å². The van der Waals surface area contributed by atoms with Crippen LogP contribution < -0.4 is 5.32 Å². The molecule has 1 amide bonds. The van der Waals surface area contributed by atoms with Gasteiger partial charge in [0, 0.05) is 6.42 Å². The van der Waals surface area contributed by atoms with Crippen molar-refractivity contribution in [1.29, 1.82) is 0 Å². The maximum atomic E-state index is 13.5. The Labute approximate surface area is 570 Å². The number of rotatable bonds is 66. The van der Waals surface area contributed by atoms with Gasteiger partial charge in [0.25, 0.3) is 0 Å². The van der Waals surface area contributed by atoms with Gasteiger partial charge in [-0.2, -0.15) is 0 Å². The lowest BCUT2D eigenvalue weighted by Gasteiger charge is -2.41. The Bertz CT molecular complexity index is 1940. The first kappa shape index (κ1) is 87.3. The number of hydrogen-bond acceptors (Lipinski definition) is 10. The van der Waals surface area contributed by atoms with E-state index >= 15 is 0 Å². The lowest BCUT2D eigenvalue weighted by molar-refractivity contribution is -0.305. The highest BCUT2D eigenvalue weighted by Gasteiger charge is 2.47. The quantitative estimate of drug-likeness (QED) is 0.0195. The normalized spacial score (nSPS) is 18.5. The Morgan fingerprint density at radius 3 is 1.18 bits per heavy atom. The Morgan fingerprint density at radius 2 is 0.774 bits per heavy atom. The van der Waals surface area contributed by atoms with Gasteiger partial charge >= 0.3 is 5.97 Å². The van der Waals surface area contributed by atoms with E-state index < -0.39 is 67.4 Å². The van der Waals surface area contributed by atoms with Gasteiger partial charge in [-0.1, -0.05) is 329 Å². The van der Waals surface area contributed by atoms with Crippen molar-refractivity contribution in [3.63, 3.8) is 0 Å². The lowest BCUT2D eigenvalue weighted by atomic mass is 9.99. The van der Waals surface area contributed by atoms with Gasteiger partial charge in [-0.05, 0) is 109 Å². The molecule has 536 valence electrons. The Hall–Kier alpha value is -3.68. The van der Waals surface area contributed by atoms with Crippen LogP contribution in [0.2, 0.25) is 0 Å². The van der Waals surface area contributed by atoms with Gasteiger partial charge in [0.2, 0.25) is 5.91 Å². The van der Waals surface area contributed by atoms with Crippen molar-refractivity contribution in [2.24, 2.45) is 0 Å². The summed E-state index contributed by atoms with van der Waals surface area (Å²) >= 11 is 0. The van der Waals surface area contributed by atoms with E-state index in [9.17, 15) is 35.1 Å². The molecule has 0 aliphatic carbocycles. The van der Waals surface area contributed by atoms with Crippen molar-refractivity contribution in [1.82, 2.24) is 5.32 Å². The number of unbranched alkanes of at least 4 members (excludes halogenated alkanes) is 36. The van der Waals surface area contributed by atoms with Crippen LogP contribution in [-0.2, 0) is 23.8 Å². The van der Waals surface area contributed by atoms with Crippen LogP contribution in [0.4, 0.5) is 0 Å². The van der Waals surface area contributed by atoms with Crippen LogP contribution >= 0.6 is 0 Å². The molecule has 0 saturated carbocycles. The molecule has 1 fully saturated rings. The second-order valence-corrected chi connectivity index (χ2v) is 26.4. The van der Waals surface area contributed by atoms with Crippen molar-refractivity contribution < 1.29 is 49.3 Å². The molecule has 8 atom stereocenters. The van der Waals surface area contributed by atoms with Gasteiger partial charge in [0.05, 0.1) is 25.4 Å². The van der Waals surface area contributed by atoms with Crippen LogP contribution in [0.1, 0.15) is 335 Å². The van der Waals surface area contributed by atoms with Crippen molar-refractivity contribution in [2.75, 3.05) is 13.2 Å².